The van der Waals surface area contributed by atoms with Crippen LogP contribution in [0, 0.1) is 6.92 Å². The highest BCUT2D eigenvalue weighted by Gasteiger charge is 2.27. The summed E-state index contributed by atoms with van der Waals surface area (Å²) in [5.74, 6) is -0.0295. The van der Waals surface area contributed by atoms with Crippen molar-refractivity contribution in [1.82, 2.24) is 24.7 Å². The maximum atomic E-state index is 13.2. The molecule has 8 heteroatoms. The average molecular weight is 441 g/mol. The molecular formula is C25H23N5O3. The molecule has 0 unspecified atom stereocenters. The van der Waals surface area contributed by atoms with Gasteiger partial charge in [-0.1, -0.05) is 41.6 Å². The molecular weight excluding hydrogens is 418 g/mol. The molecule has 5 rings (SSSR count). The SMILES string of the molecule is Cc1cc(C(=O)N2CCN(C(=O)c3cccc(-n4nccc4-c4ccccc4)c3)CC2)on1. The molecule has 4 aromatic rings. The molecule has 2 aromatic carbocycles. The zero-order valence-corrected chi connectivity index (χ0v) is 18.2. The van der Waals surface area contributed by atoms with Crippen LogP contribution in [0.5, 0.6) is 0 Å². The minimum absolute atomic E-state index is 0.0622. The van der Waals surface area contributed by atoms with Crippen molar-refractivity contribution >= 4 is 11.8 Å². The topological polar surface area (TPSA) is 84.5 Å². The second kappa shape index (κ2) is 8.74. The molecule has 0 aliphatic carbocycles. The Labute approximate surface area is 191 Å². The number of rotatable bonds is 4. The predicted molar refractivity (Wildman–Crippen MR) is 122 cm³/mol. The summed E-state index contributed by atoms with van der Waals surface area (Å²) in [7, 11) is 0. The van der Waals surface area contributed by atoms with E-state index in [9.17, 15) is 9.59 Å². The number of benzene rings is 2. The fraction of sp³-hybridized carbons (Fsp3) is 0.200. The van der Waals surface area contributed by atoms with E-state index in [1.165, 1.54) is 0 Å². The molecule has 0 atom stereocenters. The van der Waals surface area contributed by atoms with Gasteiger partial charge in [-0.25, -0.2) is 4.68 Å². The first kappa shape index (κ1) is 20.7. The number of aromatic nitrogens is 3. The molecule has 0 bridgehead atoms. The smallest absolute Gasteiger partial charge is 0.292 e. The molecule has 0 N–H and O–H groups in total. The summed E-state index contributed by atoms with van der Waals surface area (Å²) in [6.07, 6.45) is 1.75. The van der Waals surface area contributed by atoms with Crippen molar-refractivity contribution in [2.24, 2.45) is 0 Å². The quantitative estimate of drug-likeness (QED) is 0.484. The zero-order chi connectivity index (χ0) is 22.8. The van der Waals surface area contributed by atoms with E-state index in [0.717, 1.165) is 16.9 Å². The molecule has 8 nitrogen and oxygen atoms in total. The summed E-state index contributed by atoms with van der Waals surface area (Å²) in [5.41, 5.74) is 4.08. The van der Waals surface area contributed by atoms with Gasteiger partial charge in [-0.05, 0) is 31.2 Å². The van der Waals surface area contributed by atoms with Gasteiger partial charge in [0.2, 0.25) is 5.76 Å². The van der Waals surface area contributed by atoms with Gasteiger partial charge < -0.3 is 14.3 Å². The van der Waals surface area contributed by atoms with Crippen molar-refractivity contribution in [3.63, 3.8) is 0 Å². The Bertz CT molecular complexity index is 1290. The number of carbonyl (C=O) groups excluding carboxylic acids is 2. The predicted octanol–water partition coefficient (Wildman–Crippen LogP) is 3.43. The fourth-order valence-corrected chi connectivity index (χ4v) is 4.02. The molecule has 3 heterocycles. The lowest BCUT2D eigenvalue weighted by Crippen LogP contribution is -2.50. The third-order valence-electron chi connectivity index (χ3n) is 5.74. The van der Waals surface area contributed by atoms with E-state index >= 15 is 0 Å². The molecule has 1 aliphatic heterocycles. The Hall–Kier alpha value is -4.20. The molecule has 1 saturated heterocycles. The van der Waals surface area contributed by atoms with Crippen molar-refractivity contribution < 1.29 is 14.1 Å². The van der Waals surface area contributed by atoms with Gasteiger partial charge in [-0.3, -0.25) is 9.59 Å². The van der Waals surface area contributed by atoms with Gasteiger partial charge in [0.05, 0.1) is 23.3 Å². The van der Waals surface area contributed by atoms with E-state index in [4.69, 9.17) is 4.52 Å². The zero-order valence-electron chi connectivity index (χ0n) is 18.2. The lowest BCUT2D eigenvalue weighted by Gasteiger charge is -2.34. The standard InChI is InChI=1S/C25H23N5O3/c1-18-16-23(33-27-18)25(32)29-14-12-28(13-15-29)24(31)20-8-5-9-21(17-20)30-22(10-11-26-30)19-6-3-2-4-7-19/h2-11,16-17H,12-15H2,1H3. The molecule has 1 aliphatic rings. The average Bonchev–Trinajstić information content (AvgIpc) is 3.53. The monoisotopic (exact) mass is 441 g/mol. The molecule has 0 saturated carbocycles. The van der Waals surface area contributed by atoms with Crippen molar-refractivity contribution in [3.05, 3.63) is 89.9 Å². The maximum absolute atomic E-state index is 13.2. The maximum Gasteiger partial charge on any atom is 0.292 e. The summed E-state index contributed by atoms with van der Waals surface area (Å²) < 4.78 is 6.92. The van der Waals surface area contributed by atoms with E-state index < -0.39 is 0 Å². The van der Waals surface area contributed by atoms with Crippen LogP contribution in [0.2, 0.25) is 0 Å². The Balaban J connectivity index is 1.30. The highest BCUT2D eigenvalue weighted by Crippen LogP contribution is 2.23. The summed E-state index contributed by atoms with van der Waals surface area (Å²) >= 11 is 0. The van der Waals surface area contributed by atoms with E-state index in [0.29, 0.717) is 37.4 Å². The minimum atomic E-state index is -0.197. The van der Waals surface area contributed by atoms with E-state index in [-0.39, 0.29) is 17.6 Å². The first-order chi connectivity index (χ1) is 16.1. The first-order valence-corrected chi connectivity index (χ1v) is 10.8. The van der Waals surface area contributed by atoms with Crippen LogP contribution in [-0.4, -0.2) is 62.7 Å². The Morgan fingerprint density at radius 1 is 0.848 bits per heavy atom. The molecule has 166 valence electrons. The summed E-state index contributed by atoms with van der Waals surface area (Å²) in [4.78, 5) is 29.2. The van der Waals surface area contributed by atoms with Gasteiger partial charge in [-0.15, -0.1) is 0 Å². The number of amides is 2. The van der Waals surface area contributed by atoms with Gasteiger partial charge >= 0.3 is 0 Å². The van der Waals surface area contributed by atoms with E-state index in [1.807, 2.05) is 65.3 Å². The Kier molecular flexibility index (Phi) is 5.48. The van der Waals surface area contributed by atoms with Crippen LogP contribution in [0.4, 0.5) is 0 Å². The third-order valence-corrected chi connectivity index (χ3v) is 5.74. The largest absolute Gasteiger partial charge is 0.351 e. The molecule has 0 radical (unpaired) electrons. The van der Waals surface area contributed by atoms with Crippen molar-refractivity contribution in [2.45, 2.75) is 6.92 Å². The molecule has 2 aromatic heterocycles. The first-order valence-electron chi connectivity index (χ1n) is 10.8. The van der Waals surface area contributed by atoms with E-state index in [1.54, 1.807) is 29.0 Å². The van der Waals surface area contributed by atoms with Crippen molar-refractivity contribution in [3.8, 4) is 16.9 Å². The number of hydrogen-bond donors (Lipinski definition) is 0. The normalized spacial score (nSPS) is 13.8. The highest BCUT2D eigenvalue weighted by molar-refractivity contribution is 5.95. The number of nitrogens with zero attached hydrogens (tertiary/aromatic N) is 5. The van der Waals surface area contributed by atoms with Gasteiger partial charge in [0.25, 0.3) is 11.8 Å². The van der Waals surface area contributed by atoms with Crippen molar-refractivity contribution in [1.29, 1.82) is 0 Å². The third kappa shape index (κ3) is 4.15. The second-order valence-corrected chi connectivity index (χ2v) is 7.96. The lowest BCUT2D eigenvalue weighted by molar-refractivity contribution is 0.0512. The van der Waals surface area contributed by atoms with Crippen molar-refractivity contribution in [2.75, 3.05) is 26.2 Å². The summed E-state index contributed by atoms with van der Waals surface area (Å²) in [6.45, 7) is 3.58. The van der Waals surface area contributed by atoms with Crippen LogP contribution in [0.1, 0.15) is 26.6 Å². The Morgan fingerprint density at radius 2 is 1.58 bits per heavy atom. The van der Waals surface area contributed by atoms with Crippen LogP contribution in [0.15, 0.2) is 77.4 Å². The van der Waals surface area contributed by atoms with Crippen LogP contribution in [0.3, 0.4) is 0 Å². The Morgan fingerprint density at radius 3 is 2.27 bits per heavy atom. The highest BCUT2D eigenvalue weighted by atomic mass is 16.5. The molecule has 33 heavy (non-hydrogen) atoms. The summed E-state index contributed by atoms with van der Waals surface area (Å²) in [6, 6.07) is 21.1. The van der Waals surface area contributed by atoms with E-state index in [2.05, 4.69) is 10.3 Å². The second-order valence-electron chi connectivity index (χ2n) is 7.96. The molecule has 2 amide bonds. The number of aryl methyl sites for hydroxylation is 1. The van der Waals surface area contributed by atoms with Gasteiger partial charge in [-0.2, -0.15) is 5.10 Å². The number of piperazine rings is 1. The number of hydrogen-bond acceptors (Lipinski definition) is 5. The molecule has 1 fully saturated rings. The van der Waals surface area contributed by atoms with Gasteiger partial charge in [0.1, 0.15) is 0 Å². The fourth-order valence-electron chi connectivity index (χ4n) is 4.02. The van der Waals surface area contributed by atoms with Gasteiger partial charge in [0.15, 0.2) is 0 Å². The van der Waals surface area contributed by atoms with Crippen LogP contribution < -0.4 is 0 Å². The van der Waals surface area contributed by atoms with Crippen LogP contribution >= 0.6 is 0 Å². The van der Waals surface area contributed by atoms with Crippen LogP contribution in [-0.2, 0) is 0 Å². The number of carbonyl (C=O) groups is 2. The molecule has 0 spiro atoms. The minimum Gasteiger partial charge on any atom is -0.351 e. The lowest BCUT2D eigenvalue weighted by atomic mass is 10.1. The summed E-state index contributed by atoms with van der Waals surface area (Å²) in [5, 5.41) is 8.25. The van der Waals surface area contributed by atoms with Gasteiger partial charge in [0, 0.05) is 43.4 Å². The van der Waals surface area contributed by atoms with Crippen LogP contribution in [0.25, 0.3) is 16.9 Å².